The number of anilines is 1. The van der Waals surface area contributed by atoms with Crippen LogP contribution in [0.5, 0.6) is 5.75 Å². The van der Waals surface area contributed by atoms with Crippen LogP contribution in [0.1, 0.15) is 66.4 Å². The predicted octanol–water partition coefficient (Wildman–Crippen LogP) is 3.87. The van der Waals surface area contributed by atoms with E-state index in [0.717, 1.165) is 43.4 Å². The van der Waals surface area contributed by atoms with Crippen molar-refractivity contribution >= 4 is 28.3 Å². The second-order valence-electron chi connectivity index (χ2n) is 6.89. The van der Waals surface area contributed by atoms with Gasteiger partial charge in [0.05, 0.1) is 17.7 Å². The minimum atomic E-state index is -0.475. The topological polar surface area (TPSA) is 79.7 Å². The number of aromatic nitrogens is 1. The first kappa shape index (κ1) is 19.1. The van der Waals surface area contributed by atoms with Crippen LogP contribution in [0.4, 0.5) is 5.69 Å². The Labute approximate surface area is 159 Å². The molecule has 6 nitrogen and oxygen atoms in total. The second kappa shape index (κ2) is 7.94. The molecule has 0 atom stereocenters. The lowest BCUT2D eigenvalue weighted by Crippen LogP contribution is -2.20. The van der Waals surface area contributed by atoms with E-state index in [1.807, 2.05) is 6.92 Å². The summed E-state index contributed by atoms with van der Waals surface area (Å²) in [7, 11) is 0. The first-order valence-electron chi connectivity index (χ1n) is 9.60. The van der Waals surface area contributed by atoms with Crippen molar-refractivity contribution in [3.63, 3.8) is 0 Å². The van der Waals surface area contributed by atoms with Crippen LogP contribution < -0.4 is 4.90 Å². The van der Waals surface area contributed by atoms with Crippen molar-refractivity contribution in [1.29, 1.82) is 0 Å². The van der Waals surface area contributed by atoms with Gasteiger partial charge >= 0.3 is 5.97 Å². The van der Waals surface area contributed by atoms with Gasteiger partial charge in [0, 0.05) is 29.7 Å². The van der Waals surface area contributed by atoms with Gasteiger partial charge in [-0.3, -0.25) is 4.79 Å². The molecule has 1 aliphatic heterocycles. The molecule has 3 rings (SSSR count). The van der Waals surface area contributed by atoms with E-state index in [4.69, 9.17) is 4.74 Å². The number of nitrogens with zero attached hydrogens (tertiary/aromatic N) is 2. The molecule has 1 aliphatic rings. The number of aryl methyl sites for hydroxylation is 1. The maximum Gasteiger partial charge on any atom is 0.357 e. The van der Waals surface area contributed by atoms with Crippen molar-refractivity contribution in [3.05, 3.63) is 29.0 Å². The second-order valence-corrected chi connectivity index (χ2v) is 6.89. The number of rotatable bonds is 6. The SMILES string of the molecule is CCCc1c(O)c(C(C)=O)cc2c(N3CCCC3)cc(C(=O)OCC)nc12. The molecule has 0 spiro atoms. The largest absolute Gasteiger partial charge is 0.507 e. The van der Waals surface area contributed by atoms with E-state index < -0.39 is 5.97 Å². The number of ether oxygens (including phenoxy) is 1. The Morgan fingerprint density at radius 2 is 1.93 bits per heavy atom. The molecule has 6 heteroatoms. The first-order chi connectivity index (χ1) is 13.0. The molecule has 1 aromatic heterocycles. The van der Waals surface area contributed by atoms with E-state index >= 15 is 0 Å². The highest BCUT2D eigenvalue weighted by Crippen LogP contribution is 2.38. The number of phenols is 1. The summed E-state index contributed by atoms with van der Waals surface area (Å²) in [5.74, 6) is -0.691. The van der Waals surface area contributed by atoms with E-state index in [1.165, 1.54) is 6.92 Å². The van der Waals surface area contributed by atoms with Crippen LogP contribution in [0.25, 0.3) is 10.9 Å². The highest BCUT2D eigenvalue weighted by molar-refractivity contribution is 6.06. The van der Waals surface area contributed by atoms with Crippen molar-refractivity contribution in [2.75, 3.05) is 24.6 Å². The van der Waals surface area contributed by atoms with E-state index in [2.05, 4.69) is 9.88 Å². The summed E-state index contributed by atoms with van der Waals surface area (Å²) < 4.78 is 5.15. The molecule has 0 radical (unpaired) electrons. The Hall–Kier alpha value is -2.63. The number of hydrogen-bond donors (Lipinski definition) is 1. The summed E-state index contributed by atoms with van der Waals surface area (Å²) in [6.45, 7) is 7.26. The van der Waals surface area contributed by atoms with Crippen LogP contribution in [0, 0.1) is 0 Å². The highest BCUT2D eigenvalue weighted by atomic mass is 16.5. The van der Waals surface area contributed by atoms with Gasteiger partial charge in [0.25, 0.3) is 0 Å². The van der Waals surface area contributed by atoms with E-state index in [9.17, 15) is 14.7 Å². The minimum Gasteiger partial charge on any atom is -0.507 e. The van der Waals surface area contributed by atoms with Crippen molar-refractivity contribution in [1.82, 2.24) is 4.98 Å². The molecule has 0 aliphatic carbocycles. The number of fused-ring (bicyclic) bond motifs is 1. The van der Waals surface area contributed by atoms with Crippen LogP contribution in [-0.2, 0) is 11.2 Å². The summed E-state index contributed by atoms with van der Waals surface area (Å²) in [4.78, 5) is 31.2. The fourth-order valence-electron chi connectivity index (χ4n) is 3.69. The number of phenolic OH excluding ortho intramolecular Hbond substituents is 1. The van der Waals surface area contributed by atoms with Gasteiger partial charge in [-0.25, -0.2) is 9.78 Å². The van der Waals surface area contributed by atoms with Crippen LogP contribution in [0.15, 0.2) is 12.1 Å². The fourth-order valence-corrected chi connectivity index (χ4v) is 3.69. The molecule has 27 heavy (non-hydrogen) atoms. The minimum absolute atomic E-state index is 0.0299. The predicted molar refractivity (Wildman–Crippen MR) is 105 cm³/mol. The van der Waals surface area contributed by atoms with Gasteiger partial charge in [-0.15, -0.1) is 0 Å². The number of ketones is 1. The summed E-state index contributed by atoms with van der Waals surface area (Å²) in [6, 6.07) is 3.46. The third kappa shape index (κ3) is 3.61. The molecule has 0 amide bonds. The van der Waals surface area contributed by atoms with Gasteiger partial charge in [-0.2, -0.15) is 0 Å². The van der Waals surface area contributed by atoms with E-state index in [0.29, 0.717) is 23.1 Å². The number of pyridine rings is 1. The van der Waals surface area contributed by atoms with Crippen molar-refractivity contribution in [3.8, 4) is 5.75 Å². The Balaban J connectivity index is 2.34. The zero-order chi connectivity index (χ0) is 19.6. The number of aromatic hydroxyl groups is 1. The molecular formula is C21H26N2O4. The molecule has 2 heterocycles. The molecule has 0 saturated carbocycles. The smallest absolute Gasteiger partial charge is 0.357 e. The zero-order valence-corrected chi connectivity index (χ0v) is 16.2. The van der Waals surface area contributed by atoms with Gasteiger partial charge in [0.15, 0.2) is 11.5 Å². The van der Waals surface area contributed by atoms with Crippen molar-refractivity contribution in [2.45, 2.75) is 46.5 Å². The number of carbonyl (C=O) groups is 2. The lowest BCUT2D eigenvalue weighted by molar-refractivity contribution is 0.0520. The van der Waals surface area contributed by atoms with Crippen LogP contribution >= 0.6 is 0 Å². The fraction of sp³-hybridized carbons (Fsp3) is 0.476. The molecule has 0 bridgehead atoms. The maximum absolute atomic E-state index is 12.4. The highest BCUT2D eigenvalue weighted by Gasteiger charge is 2.24. The van der Waals surface area contributed by atoms with Gasteiger partial charge < -0.3 is 14.7 Å². The van der Waals surface area contributed by atoms with Crippen LogP contribution in [-0.4, -0.2) is 41.5 Å². The van der Waals surface area contributed by atoms with Crippen LogP contribution in [0.2, 0.25) is 0 Å². The molecule has 1 N–H and O–H groups in total. The van der Waals surface area contributed by atoms with E-state index in [1.54, 1.807) is 19.1 Å². The maximum atomic E-state index is 12.4. The Kier molecular flexibility index (Phi) is 5.63. The monoisotopic (exact) mass is 370 g/mol. The Bertz CT molecular complexity index is 886. The average Bonchev–Trinajstić information content (AvgIpc) is 3.17. The van der Waals surface area contributed by atoms with Gasteiger partial charge in [-0.1, -0.05) is 13.3 Å². The molecule has 0 unspecified atom stereocenters. The zero-order valence-electron chi connectivity index (χ0n) is 16.2. The average molecular weight is 370 g/mol. The lowest BCUT2D eigenvalue weighted by atomic mass is 9.96. The summed E-state index contributed by atoms with van der Waals surface area (Å²) in [5.41, 5.74) is 2.61. The third-order valence-electron chi connectivity index (χ3n) is 4.96. The lowest BCUT2D eigenvalue weighted by Gasteiger charge is -2.22. The third-order valence-corrected chi connectivity index (χ3v) is 4.96. The summed E-state index contributed by atoms with van der Waals surface area (Å²) >= 11 is 0. The Morgan fingerprint density at radius 1 is 1.22 bits per heavy atom. The number of benzene rings is 1. The quantitative estimate of drug-likeness (QED) is 0.614. The van der Waals surface area contributed by atoms with E-state index in [-0.39, 0.29) is 23.8 Å². The standard InChI is InChI=1S/C21H26N2O4/c1-4-8-14-19-16(11-15(13(3)24)20(14)25)18(23-9-6-7-10-23)12-17(22-19)21(26)27-5-2/h11-12,25H,4-10H2,1-3H3. The molecule has 144 valence electrons. The molecule has 1 saturated heterocycles. The van der Waals surface area contributed by atoms with Crippen LogP contribution in [0.3, 0.4) is 0 Å². The molecule has 2 aromatic rings. The summed E-state index contributed by atoms with van der Waals surface area (Å²) in [5, 5.41) is 11.5. The molecular weight excluding hydrogens is 344 g/mol. The van der Waals surface area contributed by atoms with Gasteiger partial charge in [0.2, 0.25) is 0 Å². The Morgan fingerprint density at radius 3 is 2.52 bits per heavy atom. The number of Topliss-reactive ketones (excluding diaryl/α,β-unsaturated/α-hetero) is 1. The molecule has 1 aromatic carbocycles. The molecule has 1 fully saturated rings. The van der Waals surface area contributed by atoms with Crippen molar-refractivity contribution < 1.29 is 19.4 Å². The number of hydrogen-bond acceptors (Lipinski definition) is 6. The number of esters is 1. The number of carbonyl (C=O) groups excluding carboxylic acids is 2. The van der Waals surface area contributed by atoms with Gasteiger partial charge in [-0.05, 0) is 45.2 Å². The van der Waals surface area contributed by atoms with Gasteiger partial charge in [0.1, 0.15) is 5.75 Å². The normalized spacial score (nSPS) is 14.0. The first-order valence-corrected chi connectivity index (χ1v) is 9.60. The van der Waals surface area contributed by atoms with Crippen molar-refractivity contribution in [2.24, 2.45) is 0 Å². The summed E-state index contributed by atoms with van der Waals surface area (Å²) in [6.07, 6.45) is 3.52.